The SMILES string of the molecule is CNC(=O)c1ccc(Cn2c(=O)c3cc(OC)c(OC)cc3n(CC(=O)Nc3cccc(C)c3C)c2=O)cc1. The number of fused-ring (bicyclic) bond motifs is 1. The Bertz CT molecular complexity index is 1690. The third-order valence-corrected chi connectivity index (χ3v) is 6.69. The molecule has 3 aromatic carbocycles. The maximum absolute atomic E-state index is 13.7. The highest BCUT2D eigenvalue weighted by molar-refractivity contribution is 5.94. The van der Waals surface area contributed by atoms with Crippen LogP contribution >= 0.6 is 0 Å². The molecule has 2 amide bonds. The molecule has 0 aliphatic carbocycles. The Morgan fingerprint density at radius 2 is 1.56 bits per heavy atom. The first kappa shape index (κ1) is 27.2. The van der Waals surface area contributed by atoms with E-state index >= 15 is 0 Å². The number of carbonyl (C=O) groups excluding carboxylic acids is 2. The van der Waals surface area contributed by atoms with Gasteiger partial charge in [-0.15, -0.1) is 0 Å². The van der Waals surface area contributed by atoms with Crippen LogP contribution in [0.25, 0.3) is 10.9 Å². The highest BCUT2D eigenvalue weighted by Gasteiger charge is 2.19. The number of benzene rings is 3. The lowest BCUT2D eigenvalue weighted by Gasteiger charge is -2.17. The van der Waals surface area contributed by atoms with Gasteiger partial charge in [0.15, 0.2) is 11.5 Å². The first-order valence-electron chi connectivity index (χ1n) is 12.2. The summed E-state index contributed by atoms with van der Waals surface area (Å²) >= 11 is 0. The van der Waals surface area contributed by atoms with Crippen molar-refractivity contribution in [3.8, 4) is 11.5 Å². The minimum atomic E-state index is -0.661. The molecule has 39 heavy (non-hydrogen) atoms. The number of hydrogen-bond acceptors (Lipinski definition) is 6. The summed E-state index contributed by atoms with van der Waals surface area (Å²) in [5, 5.41) is 5.61. The van der Waals surface area contributed by atoms with E-state index in [2.05, 4.69) is 10.6 Å². The van der Waals surface area contributed by atoms with Gasteiger partial charge in [-0.3, -0.25) is 23.5 Å². The summed E-state index contributed by atoms with van der Waals surface area (Å²) in [5.74, 6) is -0.0478. The van der Waals surface area contributed by atoms with E-state index < -0.39 is 17.2 Å². The molecule has 0 aliphatic heterocycles. The monoisotopic (exact) mass is 530 g/mol. The van der Waals surface area contributed by atoms with Crippen molar-refractivity contribution in [2.24, 2.45) is 0 Å². The van der Waals surface area contributed by atoms with Gasteiger partial charge in [-0.1, -0.05) is 24.3 Å². The van der Waals surface area contributed by atoms with Gasteiger partial charge in [-0.25, -0.2) is 4.79 Å². The van der Waals surface area contributed by atoms with E-state index in [4.69, 9.17) is 9.47 Å². The molecule has 0 atom stereocenters. The maximum atomic E-state index is 13.7. The largest absolute Gasteiger partial charge is 0.493 e. The van der Waals surface area contributed by atoms with Crippen LogP contribution in [0.5, 0.6) is 11.5 Å². The number of methoxy groups -OCH3 is 2. The third kappa shape index (κ3) is 5.40. The summed E-state index contributed by atoms with van der Waals surface area (Å²) < 4.78 is 13.1. The van der Waals surface area contributed by atoms with E-state index in [-0.39, 0.29) is 29.9 Å². The lowest BCUT2D eigenvalue weighted by Crippen LogP contribution is -2.42. The van der Waals surface area contributed by atoms with Crippen LogP contribution in [-0.4, -0.2) is 42.2 Å². The first-order valence-corrected chi connectivity index (χ1v) is 12.2. The number of amides is 2. The molecule has 202 valence electrons. The van der Waals surface area contributed by atoms with E-state index in [1.54, 1.807) is 30.3 Å². The minimum absolute atomic E-state index is 0.0609. The number of rotatable bonds is 8. The second kappa shape index (κ2) is 11.3. The summed E-state index contributed by atoms with van der Waals surface area (Å²) in [6, 6.07) is 15.2. The van der Waals surface area contributed by atoms with Crippen molar-refractivity contribution in [2.75, 3.05) is 26.6 Å². The van der Waals surface area contributed by atoms with Crippen LogP contribution in [0.1, 0.15) is 27.0 Å². The summed E-state index contributed by atoms with van der Waals surface area (Å²) in [5.41, 5.74) is 2.69. The fourth-order valence-corrected chi connectivity index (χ4v) is 4.34. The zero-order chi connectivity index (χ0) is 28.3. The summed E-state index contributed by atoms with van der Waals surface area (Å²) in [6.07, 6.45) is 0. The first-order chi connectivity index (χ1) is 18.7. The molecular weight excluding hydrogens is 500 g/mol. The molecule has 0 radical (unpaired) electrons. The van der Waals surface area contributed by atoms with Gasteiger partial charge >= 0.3 is 5.69 Å². The lowest BCUT2D eigenvalue weighted by atomic mass is 10.1. The number of ether oxygens (including phenoxy) is 2. The van der Waals surface area contributed by atoms with Crippen molar-refractivity contribution >= 4 is 28.4 Å². The van der Waals surface area contributed by atoms with Crippen LogP contribution in [0.2, 0.25) is 0 Å². The van der Waals surface area contributed by atoms with Crippen molar-refractivity contribution in [3.63, 3.8) is 0 Å². The number of aryl methyl sites for hydroxylation is 1. The summed E-state index contributed by atoms with van der Waals surface area (Å²) in [6.45, 7) is 3.45. The number of anilines is 1. The molecule has 1 heterocycles. The highest BCUT2D eigenvalue weighted by atomic mass is 16.5. The topological polar surface area (TPSA) is 121 Å². The molecule has 0 aliphatic rings. The predicted molar refractivity (Wildman–Crippen MR) is 149 cm³/mol. The van der Waals surface area contributed by atoms with E-state index in [1.807, 2.05) is 26.0 Å². The van der Waals surface area contributed by atoms with Crippen LogP contribution in [0.4, 0.5) is 5.69 Å². The Hall–Kier alpha value is -4.86. The van der Waals surface area contributed by atoms with Gasteiger partial charge in [-0.2, -0.15) is 0 Å². The molecule has 0 spiro atoms. The predicted octanol–water partition coefficient (Wildman–Crippen LogP) is 2.84. The Labute approximate surface area is 224 Å². The van der Waals surface area contributed by atoms with Crippen molar-refractivity contribution < 1.29 is 19.1 Å². The molecular formula is C29H30N4O6. The van der Waals surface area contributed by atoms with E-state index in [9.17, 15) is 19.2 Å². The third-order valence-electron chi connectivity index (χ3n) is 6.69. The molecule has 0 saturated heterocycles. The van der Waals surface area contributed by atoms with Gasteiger partial charge in [0.25, 0.3) is 11.5 Å². The number of hydrogen-bond donors (Lipinski definition) is 2. The standard InChI is InChI=1S/C29H30N4O6/c1-17-7-6-8-22(18(17)2)31-26(34)16-32-23-14-25(39-5)24(38-4)13-21(23)28(36)33(29(32)37)15-19-9-11-20(12-10-19)27(35)30-3/h6-14H,15-16H2,1-5H3,(H,30,35)(H,31,34). The molecule has 0 unspecified atom stereocenters. The quantitative estimate of drug-likeness (QED) is 0.362. The number of aromatic nitrogens is 2. The fourth-order valence-electron chi connectivity index (χ4n) is 4.34. The highest BCUT2D eigenvalue weighted by Crippen LogP contribution is 2.30. The van der Waals surface area contributed by atoms with E-state index in [1.165, 1.54) is 38.0 Å². The van der Waals surface area contributed by atoms with Gasteiger partial charge in [0.05, 0.1) is 31.7 Å². The van der Waals surface area contributed by atoms with Gasteiger partial charge in [0, 0.05) is 24.4 Å². The Kier molecular flexibility index (Phi) is 7.85. The van der Waals surface area contributed by atoms with E-state index in [0.717, 1.165) is 15.7 Å². The zero-order valence-corrected chi connectivity index (χ0v) is 22.5. The lowest BCUT2D eigenvalue weighted by molar-refractivity contribution is -0.116. The van der Waals surface area contributed by atoms with Crippen molar-refractivity contribution in [1.82, 2.24) is 14.5 Å². The molecule has 0 bridgehead atoms. The van der Waals surface area contributed by atoms with Crippen LogP contribution in [-0.2, 0) is 17.9 Å². The van der Waals surface area contributed by atoms with Crippen LogP contribution in [0.15, 0.2) is 64.2 Å². The molecule has 2 N–H and O–H groups in total. The molecule has 4 rings (SSSR count). The second-order valence-corrected chi connectivity index (χ2v) is 9.06. The van der Waals surface area contributed by atoms with Crippen LogP contribution in [0.3, 0.4) is 0 Å². The molecule has 0 fully saturated rings. The normalized spacial score (nSPS) is 10.8. The van der Waals surface area contributed by atoms with Crippen molar-refractivity contribution in [1.29, 1.82) is 0 Å². The van der Waals surface area contributed by atoms with E-state index in [0.29, 0.717) is 28.3 Å². The van der Waals surface area contributed by atoms with Gasteiger partial charge in [0.2, 0.25) is 5.91 Å². The smallest absolute Gasteiger partial charge is 0.332 e. The average molecular weight is 531 g/mol. The Morgan fingerprint density at radius 3 is 2.21 bits per heavy atom. The average Bonchev–Trinajstić information content (AvgIpc) is 2.95. The zero-order valence-electron chi connectivity index (χ0n) is 22.5. The number of nitrogens with one attached hydrogen (secondary N) is 2. The Morgan fingerprint density at radius 1 is 0.897 bits per heavy atom. The van der Waals surface area contributed by atoms with Gasteiger partial charge < -0.3 is 20.1 Å². The van der Waals surface area contributed by atoms with Gasteiger partial charge in [-0.05, 0) is 54.8 Å². The van der Waals surface area contributed by atoms with Crippen LogP contribution < -0.4 is 31.4 Å². The summed E-state index contributed by atoms with van der Waals surface area (Å²) in [7, 11) is 4.43. The van der Waals surface area contributed by atoms with Crippen LogP contribution in [0, 0.1) is 13.8 Å². The minimum Gasteiger partial charge on any atom is -0.493 e. The Balaban J connectivity index is 1.83. The second-order valence-electron chi connectivity index (χ2n) is 9.06. The molecule has 10 heteroatoms. The van der Waals surface area contributed by atoms with Crippen molar-refractivity contribution in [2.45, 2.75) is 26.9 Å². The molecule has 1 aromatic heterocycles. The summed E-state index contributed by atoms with van der Waals surface area (Å²) in [4.78, 5) is 52.3. The molecule has 0 saturated carbocycles. The number of carbonyl (C=O) groups is 2. The molecule has 4 aromatic rings. The number of nitrogens with zero attached hydrogens (tertiary/aromatic N) is 2. The van der Waals surface area contributed by atoms with Crippen molar-refractivity contribution in [3.05, 3.63) is 97.7 Å². The molecule has 10 nitrogen and oxygen atoms in total. The fraction of sp³-hybridized carbons (Fsp3) is 0.241. The van der Waals surface area contributed by atoms with Gasteiger partial charge in [0.1, 0.15) is 6.54 Å². The maximum Gasteiger partial charge on any atom is 0.332 e.